The predicted octanol–water partition coefficient (Wildman–Crippen LogP) is 5.27. The number of thiophene rings is 2. The minimum Gasteiger partial charge on any atom is -0.142 e. The van der Waals surface area contributed by atoms with Crippen molar-refractivity contribution in [3.05, 3.63) is 47.2 Å². The zero-order valence-electron chi connectivity index (χ0n) is 8.44. The van der Waals surface area contributed by atoms with Crippen LogP contribution in [0.3, 0.4) is 0 Å². The van der Waals surface area contributed by atoms with Gasteiger partial charge >= 0.3 is 0 Å². The van der Waals surface area contributed by atoms with Gasteiger partial charge in [-0.1, -0.05) is 24.3 Å². The number of fused-ring (bicyclic) bond motifs is 6. The van der Waals surface area contributed by atoms with Crippen LogP contribution in [-0.4, -0.2) is 0 Å². The summed E-state index contributed by atoms with van der Waals surface area (Å²) >= 11 is 3.69. The van der Waals surface area contributed by atoms with E-state index in [9.17, 15) is 0 Å². The summed E-state index contributed by atoms with van der Waals surface area (Å²) in [5.41, 5.74) is 0. The van der Waals surface area contributed by atoms with E-state index in [2.05, 4.69) is 47.2 Å². The van der Waals surface area contributed by atoms with Crippen molar-refractivity contribution in [3.8, 4) is 0 Å². The van der Waals surface area contributed by atoms with Crippen LogP contribution in [0.1, 0.15) is 0 Å². The molecule has 0 aliphatic carbocycles. The lowest BCUT2D eigenvalue weighted by Gasteiger charge is -2.02. The van der Waals surface area contributed by atoms with Crippen molar-refractivity contribution in [3.63, 3.8) is 0 Å². The van der Waals surface area contributed by atoms with Gasteiger partial charge in [0, 0.05) is 10.8 Å². The van der Waals surface area contributed by atoms with E-state index in [1.807, 2.05) is 22.7 Å². The Morgan fingerprint density at radius 2 is 1.06 bits per heavy atom. The summed E-state index contributed by atoms with van der Waals surface area (Å²) in [4.78, 5) is 0. The molecule has 2 heteroatoms. The lowest BCUT2D eigenvalue weighted by molar-refractivity contribution is 1.84. The van der Waals surface area contributed by atoms with Crippen LogP contribution in [-0.2, 0) is 0 Å². The summed E-state index contributed by atoms with van der Waals surface area (Å²) in [6.45, 7) is 0. The van der Waals surface area contributed by atoms with Gasteiger partial charge < -0.3 is 0 Å². The molecule has 0 saturated heterocycles. The van der Waals surface area contributed by atoms with E-state index in [0.717, 1.165) is 0 Å². The molecule has 0 nitrogen and oxygen atoms in total. The Morgan fingerprint density at radius 1 is 0.562 bits per heavy atom. The summed E-state index contributed by atoms with van der Waals surface area (Å²) in [5.74, 6) is 0. The third-order valence-electron chi connectivity index (χ3n) is 3.04. The third kappa shape index (κ3) is 0.984. The van der Waals surface area contributed by atoms with Crippen LogP contribution in [0.25, 0.3) is 30.9 Å². The third-order valence-corrected chi connectivity index (χ3v) is 5.04. The second kappa shape index (κ2) is 3.06. The standard InChI is InChI=1S/C14H8S2/c1-2-4-10-9(3-1)11-5-7-15-13(11)14-12(10)6-8-16-14/h1-8H. The fourth-order valence-corrected chi connectivity index (χ4v) is 4.36. The van der Waals surface area contributed by atoms with Gasteiger partial charge in [-0.25, -0.2) is 0 Å². The van der Waals surface area contributed by atoms with E-state index in [-0.39, 0.29) is 0 Å². The van der Waals surface area contributed by atoms with Gasteiger partial charge in [-0.3, -0.25) is 0 Å². The molecule has 0 amide bonds. The summed E-state index contributed by atoms with van der Waals surface area (Å²) in [6, 6.07) is 13.2. The van der Waals surface area contributed by atoms with Crippen molar-refractivity contribution >= 4 is 53.6 Å². The Bertz CT molecular complexity index is 736. The van der Waals surface area contributed by atoms with Crippen LogP contribution in [0.2, 0.25) is 0 Å². The van der Waals surface area contributed by atoms with Gasteiger partial charge in [-0.15, -0.1) is 22.7 Å². The maximum Gasteiger partial charge on any atom is 0.0527 e. The fraction of sp³-hybridized carbons (Fsp3) is 0. The number of hydrogen-bond donors (Lipinski definition) is 0. The first-order chi connectivity index (χ1) is 7.95. The fourth-order valence-electron chi connectivity index (χ4n) is 2.35. The van der Waals surface area contributed by atoms with E-state index >= 15 is 0 Å². The van der Waals surface area contributed by atoms with Crippen LogP contribution >= 0.6 is 22.7 Å². The summed E-state index contributed by atoms with van der Waals surface area (Å²) < 4.78 is 2.87. The molecule has 2 aromatic heterocycles. The highest BCUT2D eigenvalue weighted by Crippen LogP contribution is 2.40. The van der Waals surface area contributed by atoms with Gasteiger partial charge in [0.1, 0.15) is 0 Å². The molecule has 0 atom stereocenters. The van der Waals surface area contributed by atoms with Crippen molar-refractivity contribution in [2.45, 2.75) is 0 Å². The van der Waals surface area contributed by atoms with Crippen LogP contribution in [0.5, 0.6) is 0 Å². The molecule has 0 unspecified atom stereocenters. The zero-order valence-corrected chi connectivity index (χ0v) is 10.1. The first kappa shape index (κ1) is 8.74. The normalized spacial score (nSPS) is 11.8. The highest BCUT2D eigenvalue weighted by Gasteiger charge is 2.09. The number of hydrogen-bond acceptors (Lipinski definition) is 2. The molecular formula is C14H8S2. The summed E-state index contributed by atoms with van der Waals surface area (Å²) in [5, 5.41) is 9.94. The Balaban J connectivity index is 2.51. The topological polar surface area (TPSA) is 0 Å². The summed E-state index contributed by atoms with van der Waals surface area (Å²) in [7, 11) is 0. The Hall–Kier alpha value is -1.38. The monoisotopic (exact) mass is 240 g/mol. The highest BCUT2D eigenvalue weighted by molar-refractivity contribution is 7.25. The second-order valence-corrected chi connectivity index (χ2v) is 5.70. The minimum atomic E-state index is 1.38. The van der Waals surface area contributed by atoms with E-state index in [0.29, 0.717) is 0 Å². The number of rotatable bonds is 0. The van der Waals surface area contributed by atoms with Crippen LogP contribution < -0.4 is 0 Å². The molecule has 76 valence electrons. The SMILES string of the molecule is c1ccc2c(c1)c1ccsc1c1sccc21. The molecule has 16 heavy (non-hydrogen) atoms. The molecule has 0 fully saturated rings. The average molecular weight is 240 g/mol. The van der Waals surface area contributed by atoms with E-state index in [1.165, 1.54) is 30.9 Å². The van der Waals surface area contributed by atoms with Crippen molar-refractivity contribution < 1.29 is 0 Å². The second-order valence-electron chi connectivity index (χ2n) is 3.87. The molecule has 0 aliphatic heterocycles. The highest BCUT2D eigenvalue weighted by atomic mass is 32.1. The molecule has 0 bridgehead atoms. The maximum absolute atomic E-state index is 2.24. The molecule has 2 aromatic carbocycles. The smallest absolute Gasteiger partial charge is 0.0527 e. The van der Waals surface area contributed by atoms with Crippen molar-refractivity contribution in [2.75, 3.05) is 0 Å². The lowest BCUT2D eigenvalue weighted by Crippen LogP contribution is -1.74. The predicted molar refractivity (Wildman–Crippen MR) is 74.7 cm³/mol. The maximum atomic E-state index is 2.24. The molecule has 0 aliphatic rings. The first-order valence-corrected chi connectivity index (χ1v) is 6.96. The van der Waals surface area contributed by atoms with Crippen LogP contribution in [0, 0.1) is 0 Å². The van der Waals surface area contributed by atoms with Crippen molar-refractivity contribution in [1.29, 1.82) is 0 Å². The van der Waals surface area contributed by atoms with E-state index in [4.69, 9.17) is 0 Å². The molecule has 0 spiro atoms. The molecule has 4 aromatic rings. The average Bonchev–Trinajstić information content (AvgIpc) is 2.98. The number of benzene rings is 2. The molecule has 0 saturated carbocycles. The molecule has 2 heterocycles. The van der Waals surface area contributed by atoms with Gasteiger partial charge in [-0.2, -0.15) is 0 Å². The molecular weight excluding hydrogens is 232 g/mol. The van der Waals surface area contributed by atoms with Gasteiger partial charge in [0.2, 0.25) is 0 Å². The summed E-state index contributed by atoms with van der Waals surface area (Å²) in [6.07, 6.45) is 0. The quantitative estimate of drug-likeness (QED) is 0.393. The van der Waals surface area contributed by atoms with Crippen LogP contribution in [0.4, 0.5) is 0 Å². The molecule has 0 N–H and O–H groups in total. The first-order valence-electron chi connectivity index (χ1n) is 5.20. The largest absolute Gasteiger partial charge is 0.142 e. The van der Waals surface area contributed by atoms with E-state index in [1.54, 1.807) is 0 Å². The van der Waals surface area contributed by atoms with E-state index < -0.39 is 0 Å². The zero-order chi connectivity index (χ0) is 10.5. The molecule has 0 radical (unpaired) electrons. The Kier molecular flexibility index (Phi) is 1.67. The molecule has 4 rings (SSSR count). The van der Waals surface area contributed by atoms with Gasteiger partial charge in [0.05, 0.1) is 9.40 Å². The van der Waals surface area contributed by atoms with Crippen molar-refractivity contribution in [2.24, 2.45) is 0 Å². The lowest BCUT2D eigenvalue weighted by atomic mass is 10.0. The minimum absolute atomic E-state index is 1.38. The van der Waals surface area contributed by atoms with Gasteiger partial charge in [0.25, 0.3) is 0 Å². The Morgan fingerprint density at radius 3 is 1.56 bits per heavy atom. The van der Waals surface area contributed by atoms with Gasteiger partial charge in [0.15, 0.2) is 0 Å². The van der Waals surface area contributed by atoms with Gasteiger partial charge in [-0.05, 0) is 33.7 Å². The Labute approximate surface area is 101 Å². The van der Waals surface area contributed by atoms with Crippen LogP contribution in [0.15, 0.2) is 47.2 Å². The van der Waals surface area contributed by atoms with Crippen molar-refractivity contribution in [1.82, 2.24) is 0 Å².